The summed E-state index contributed by atoms with van der Waals surface area (Å²) in [5.41, 5.74) is 3.85. The minimum atomic E-state index is -0.221. The Hall–Kier alpha value is -3.82. The van der Waals surface area contributed by atoms with Crippen LogP contribution in [-0.4, -0.2) is 31.2 Å². The molecule has 7 nitrogen and oxygen atoms in total. The summed E-state index contributed by atoms with van der Waals surface area (Å²) < 4.78 is 1.46. The van der Waals surface area contributed by atoms with Crippen LogP contribution in [0, 0.1) is 13.8 Å². The number of amides is 1. The molecule has 0 fully saturated rings. The summed E-state index contributed by atoms with van der Waals surface area (Å²) in [5, 5.41) is 6.82. The third kappa shape index (κ3) is 5.01. The monoisotopic (exact) mass is 499 g/mol. The third-order valence-corrected chi connectivity index (χ3v) is 6.98. The van der Waals surface area contributed by atoms with Gasteiger partial charge in [0.25, 0.3) is 5.56 Å². The molecule has 0 spiro atoms. The zero-order valence-electron chi connectivity index (χ0n) is 19.1. The predicted molar refractivity (Wildman–Crippen MR) is 142 cm³/mol. The molecule has 2 aromatic carbocycles. The summed E-state index contributed by atoms with van der Waals surface area (Å²) in [6, 6.07) is 18.4. The lowest BCUT2D eigenvalue weighted by Gasteiger charge is -2.13. The molecule has 3 heterocycles. The predicted octanol–water partition coefficient (Wildman–Crippen LogP) is 5.25. The number of rotatable bonds is 6. The summed E-state index contributed by atoms with van der Waals surface area (Å²) in [7, 11) is 0. The number of anilines is 1. The number of nitrogens with one attached hydrogen (secondary N) is 1. The van der Waals surface area contributed by atoms with E-state index >= 15 is 0 Å². The van der Waals surface area contributed by atoms with Gasteiger partial charge in [-0.3, -0.25) is 9.59 Å². The summed E-state index contributed by atoms with van der Waals surface area (Å²) in [6.45, 7) is 3.90. The quantitative estimate of drug-likeness (QED) is 0.253. The van der Waals surface area contributed by atoms with Crippen LogP contribution in [0.3, 0.4) is 0 Å². The van der Waals surface area contributed by atoms with E-state index in [0.29, 0.717) is 27.6 Å². The maximum Gasteiger partial charge on any atom is 0.267 e. The van der Waals surface area contributed by atoms with Crippen molar-refractivity contribution in [3.8, 4) is 17.1 Å². The number of aryl methyl sites for hydroxylation is 2. The fraction of sp³-hybridized carbons (Fsp3) is 0.115. The number of aromatic nitrogens is 4. The number of hydrogen-bond donors (Lipinski definition) is 1. The smallest absolute Gasteiger partial charge is 0.267 e. The number of nitrogens with zero attached hydrogens (tertiary/aromatic N) is 4. The topological polar surface area (TPSA) is 89.8 Å². The van der Waals surface area contributed by atoms with Crippen LogP contribution in [0.15, 0.2) is 82.2 Å². The molecular weight excluding hydrogens is 478 g/mol. The summed E-state index contributed by atoms with van der Waals surface area (Å²) >= 11 is 2.78. The van der Waals surface area contributed by atoms with Crippen molar-refractivity contribution in [1.29, 1.82) is 0 Å². The molecule has 5 aromatic rings. The molecular formula is C26H21N5O2S2. The van der Waals surface area contributed by atoms with Crippen molar-refractivity contribution in [3.63, 3.8) is 0 Å². The molecule has 0 bridgehead atoms. The molecule has 0 unspecified atom stereocenters. The minimum absolute atomic E-state index is 0.0800. The van der Waals surface area contributed by atoms with Crippen molar-refractivity contribution < 1.29 is 4.79 Å². The summed E-state index contributed by atoms with van der Waals surface area (Å²) in [4.78, 5) is 39.7. The second-order valence-electron chi connectivity index (χ2n) is 7.92. The molecule has 0 atom stereocenters. The molecule has 1 amide bonds. The normalized spacial score (nSPS) is 11.0. The average Bonchev–Trinajstić information content (AvgIpc) is 3.30. The second-order valence-corrected chi connectivity index (χ2v) is 9.92. The van der Waals surface area contributed by atoms with Crippen LogP contribution in [0.1, 0.15) is 10.6 Å². The van der Waals surface area contributed by atoms with E-state index in [1.54, 1.807) is 41.8 Å². The van der Waals surface area contributed by atoms with Gasteiger partial charge in [-0.25, -0.2) is 19.5 Å². The Morgan fingerprint density at radius 1 is 1.06 bits per heavy atom. The van der Waals surface area contributed by atoms with Gasteiger partial charge in [0.2, 0.25) is 5.91 Å². The van der Waals surface area contributed by atoms with Crippen molar-refractivity contribution in [2.24, 2.45) is 0 Å². The highest BCUT2D eigenvalue weighted by molar-refractivity contribution is 7.99. The van der Waals surface area contributed by atoms with Crippen molar-refractivity contribution in [3.05, 3.63) is 93.2 Å². The number of carbonyl (C=O) groups is 1. The molecule has 174 valence electrons. The standard InChI is InChI=1S/C26H21N5O2S2/c1-16-10-11-23(27-13-16)31-25(33)20-8-3-4-9-21(20)30-26(31)35-15-24(32)29-19-7-5-6-18(12-19)22-14-34-17(2)28-22/h3-14H,15H2,1-2H3,(H,29,32). The van der Waals surface area contributed by atoms with Gasteiger partial charge in [0.1, 0.15) is 5.82 Å². The lowest BCUT2D eigenvalue weighted by Crippen LogP contribution is -2.23. The van der Waals surface area contributed by atoms with Crippen LogP contribution in [0.5, 0.6) is 0 Å². The van der Waals surface area contributed by atoms with E-state index in [1.807, 2.05) is 55.6 Å². The van der Waals surface area contributed by atoms with E-state index in [9.17, 15) is 9.59 Å². The first-order chi connectivity index (χ1) is 17.0. The van der Waals surface area contributed by atoms with Crippen molar-refractivity contribution in [2.45, 2.75) is 19.0 Å². The first kappa shape index (κ1) is 22.9. The van der Waals surface area contributed by atoms with E-state index in [1.165, 1.54) is 16.3 Å². The Kier molecular flexibility index (Phi) is 6.43. The number of thioether (sulfide) groups is 1. The van der Waals surface area contributed by atoms with E-state index in [2.05, 4.69) is 20.3 Å². The van der Waals surface area contributed by atoms with Crippen LogP contribution in [0.25, 0.3) is 28.0 Å². The maximum absolute atomic E-state index is 13.3. The highest BCUT2D eigenvalue weighted by Gasteiger charge is 2.16. The Labute approximate surface area is 209 Å². The number of carbonyl (C=O) groups excluding carboxylic acids is 1. The van der Waals surface area contributed by atoms with Crippen LogP contribution in [0.2, 0.25) is 0 Å². The molecule has 3 aromatic heterocycles. The molecule has 5 rings (SSSR count). The Balaban J connectivity index is 1.40. The van der Waals surface area contributed by atoms with Gasteiger partial charge in [0.05, 0.1) is 27.4 Å². The fourth-order valence-electron chi connectivity index (χ4n) is 3.58. The molecule has 0 saturated heterocycles. The van der Waals surface area contributed by atoms with E-state index in [-0.39, 0.29) is 17.2 Å². The lowest BCUT2D eigenvalue weighted by molar-refractivity contribution is -0.113. The molecule has 0 aliphatic carbocycles. The van der Waals surface area contributed by atoms with Crippen LogP contribution < -0.4 is 10.9 Å². The Bertz CT molecular complexity index is 1590. The highest BCUT2D eigenvalue weighted by Crippen LogP contribution is 2.25. The van der Waals surface area contributed by atoms with Gasteiger partial charge in [-0.1, -0.05) is 42.1 Å². The largest absolute Gasteiger partial charge is 0.325 e. The Morgan fingerprint density at radius 2 is 1.91 bits per heavy atom. The zero-order valence-corrected chi connectivity index (χ0v) is 20.7. The number of para-hydroxylation sites is 1. The molecule has 0 aliphatic rings. The molecule has 0 aliphatic heterocycles. The molecule has 0 saturated carbocycles. The van der Waals surface area contributed by atoms with Gasteiger partial charge in [-0.2, -0.15) is 0 Å². The van der Waals surface area contributed by atoms with Crippen molar-refractivity contribution in [1.82, 2.24) is 19.5 Å². The molecule has 0 radical (unpaired) electrons. The van der Waals surface area contributed by atoms with Gasteiger partial charge in [-0.15, -0.1) is 11.3 Å². The third-order valence-electron chi connectivity index (χ3n) is 5.26. The van der Waals surface area contributed by atoms with Crippen molar-refractivity contribution in [2.75, 3.05) is 11.1 Å². The van der Waals surface area contributed by atoms with Gasteiger partial charge in [0.15, 0.2) is 5.16 Å². The fourth-order valence-corrected chi connectivity index (χ4v) is 5.01. The van der Waals surface area contributed by atoms with Gasteiger partial charge in [-0.05, 0) is 49.7 Å². The van der Waals surface area contributed by atoms with E-state index in [0.717, 1.165) is 21.8 Å². The van der Waals surface area contributed by atoms with E-state index in [4.69, 9.17) is 0 Å². The number of benzene rings is 2. The summed E-state index contributed by atoms with van der Waals surface area (Å²) in [6.07, 6.45) is 1.70. The number of pyridine rings is 1. The summed E-state index contributed by atoms with van der Waals surface area (Å²) in [5.74, 6) is 0.344. The minimum Gasteiger partial charge on any atom is -0.325 e. The van der Waals surface area contributed by atoms with E-state index < -0.39 is 0 Å². The molecule has 9 heteroatoms. The average molecular weight is 500 g/mol. The van der Waals surface area contributed by atoms with Crippen LogP contribution in [0.4, 0.5) is 5.69 Å². The maximum atomic E-state index is 13.3. The second kappa shape index (κ2) is 9.81. The highest BCUT2D eigenvalue weighted by atomic mass is 32.2. The number of thiazole rings is 1. The lowest BCUT2D eigenvalue weighted by atomic mass is 10.1. The zero-order chi connectivity index (χ0) is 24.4. The first-order valence-electron chi connectivity index (χ1n) is 10.9. The van der Waals surface area contributed by atoms with Crippen LogP contribution in [-0.2, 0) is 4.79 Å². The number of hydrogen-bond acceptors (Lipinski definition) is 7. The number of fused-ring (bicyclic) bond motifs is 1. The van der Waals surface area contributed by atoms with Crippen molar-refractivity contribution >= 4 is 45.6 Å². The van der Waals surface area contributed by atoms with Gasteiger partial charge < -0.3 is 5.32 Å². The molecule has 35 heavy (non-hydrogen) atoms. The Morgan fingerprint density at radius 3 is 2.69 bits per heavy atom. The first-order valence-corrected chi connectivity index (χ1v) is 12.7. The molecule has 1 N–H and O–H groups in total. The van der Waals surface area contributed by atoms with Gasteiger partial charge >= 0.3 is 0 Å². The SMILES string of the molecule is Cc1ccc(-n2c(SCC(=O)Nc3cccc(-c4csc(C)n4)c3)nc3ccccc3c2=O)nc1. The van der Waals surface area contributed by atoms with Gasteiger partial charge in [0, 0.05) is 22.8 Å². The van der Waals surface area contributed by atoms with Crippen LogP contribution >= 0.6 is 23.1 Å².